The Morgan fingerprint density at radius 2 is 2.25 bits per heavy atom. The van der Waals surface area contributed by atoms with Crippen LogP contribution in [0.4, 0.5) is 5.00 Å². The Labute approximate surface area is 171 Å². The molecule has 1 aliphatic rings. The van der Waals surface area contributed by atoms with Crippen LogP contribution in [0.15, 0.2) is 9.79 Å². The molecule has 3 rings (SSSR count). The Hall–Kier alpha value is -2.26. The number of nitrogens with zero attached hydrogens (tertiary/aromatic N) is 1. The number of unbranched alkanes of at least 4 members (excludes halogenated alkanes) is 1. The van der Waals surface area contributed by atoms with Crippen LogP contribution in [0.3, 0.4) is 0 Å². The highest BCUT2D eigenvalue weighted by molar-refractivity contribution is 7.71. The van der Waals surface area contributed by atoms with Crippen LogP contribution in [0, 0.1) is 10.7 Å². The van der Waals surface area contributed by atoms with E-state index < -0.39 is 5.56 Å². The molecule has 0 unspecified atom stereocenters. The average Bonchev–Trinajstić information content (AvgIpc) is 2.98. The number of carbonyl (C=O) groups excluding carboxylic acids is 1. The molecule has 0 amide bonds. The zero-order valence-electron chi connectivity index (χ0n) is 15.8. The maximum absolute atomic E-state index is 12.7. The van der Waals surface area contributed by atoms with Gasteiger partial charge in [-0.1, -0.05) is 20.3 Å². The van der Waals surface area contributed by atoms with Crippen LogP contribution in [0.25, 0.3) is 0 Å². The van der Waals surface area contributed by atoms with E-state index in [-0.39, 0.29) is 22.2 Å². The number of esters is 1. The molecule has 28 heavy (non-hydrogen) atoms. The second-order valence-corrected chi connectivity index (χ2v) is 8.44. The predicted molar refractivity (Wildman–Crippen MR) is 112 cm³/mol. The van der Waals surface area contributed by atoms with Crippen molar-refractivity contribution in [2.45, 2.75) is 46.0 Å². The molecule has 2 heterocycles. The lowest BCUT2D eigenvalue weighted by molar-refractivity contribution is 0.0499. The first kappa shape index (κ1) is 20.5. The minimum Gasteiger partial charge on any atom is -0.494 e. The van der Waals surface area contributed by atoms with Gasteiger partial charge in [-0.3, -0.25) is 9.78 Å². The van der Waals surface area contributed by atoms with Crippen molar-refractivity contribution in [3.05, 3.63) is 36.7 Å². The Morgan fingerprint density at radius 1 is 1.46 bits per heavy atom. The molecule has 150 valence electrons. The number of ether oxygens (including phenoxy) is 1. The number of aromatic nitrogens is 2. The molecule has 0 aliphatic heterocycles. The van der Waals surface area contributed by atoms with Crippen molar-refractivity contribution >= 4 is 40.7 Å². The summed E-state index contributed by atoms with van der Waals surface area (Å²) in [5, 5.41) is 10.4. The number of aromatic hydroxyl groups is 1. The fourth-order valence-electron chi connectivity index (χ4n) is 3.15. The molecule has 0 spiro atoms. The lowest BCUT2D eigenvalue weighted by Crippen LogP contribution is -2.14. The van der Waals surface area contributed by atoms with Crippen molar-refractivity contribution in [1.82, 2.24) is 9.97 Å². The smallest absolute Gasteiger partial charge is 0.341 e. The molecule has 1 atom stereocenters. The van der Waals surface area contributed by atoms with Crippen LogP contribution in [0.1, 0.15) is 59.5 Å². The summed E-state index contributed by atoms with van der Waals surface area (Å²) in [6.45, 7) is 4.59. The minimum atomic E-state index is -0.549. The molecular weight excluding hydrogens is 398 g/mol. The van der Waals surface area contributed by atoms with Crippen LogP contribution in [-0.2, 0) is 17.6 Å². The van der Waals surface area contributed by atoms with E-state index in [1.165, 1.54) is 17.6 Å². The highest BCUT2D eigenvalue weighted by atomic mass is 32.1. The number of nitrogens with one attached hydrogen (secondary N) is 2. The summed E-state index contributed by atoms with van der Waals surface area (Å²) < 4.78 is 5.46. The number of thiophene rings is 1. The number of aromatic amines is 2. The molecule has 0 bridgehead atoms. The number of carbonyl (C=O) groups is 1. The molecule has 1 aliphatic carbocycles. The molecule has 0 aromatic carbocycles. The predicted octanol–water partition coefficient (Wildman–Crippen LogP) is 4.03. The van der Waals surface area contributed by atoms with Gasteiger partial charge in [-0.05, 0) is 49.4 Å². The maximum atomic E-state index is 12.7. The fourth-order valence-corrected chi connectivity index (χ4v) is 4.68. The molecular formula is C19H23N3O4S2. The summed E-state index contributed by atoms with van der Waals surface area (Å²) in [6.07, 6.45) is 5.72. The van der Waals surface area contributed by atoms with E-state index in [0.29, 0.717) is 23.1 Å². The number of aliphatic imine (C=N–C) groups is 1. The fraction of sp³-hybridized carbons (Fsp3) is 0.474. The molecule has 3 N–H and O–H groups in total. The summed E-state index contributed by atoms with van der Waals surface area (Å²) >= 11 is 6.27. The Balaban J connectivity index is 1.99. The second kappa shape index (κ2) is 8.83. The second-order valence-electron chi connectivity index (χ2n) is 6.95. The van der Waals surface area contributed by atoms with Gasteiger partial charge in [-0.2, -0.15) is 0 Å². The number of hydrogen-bond acceptors (Lipinski definition) is 7. The van der Waals surface area contributed by atoms with Gasteiger partial charge in [0, 0.05) is 11.1 Å². The van der Waals surface area contributed by atoms with E-state index >= 15 is 0 Å². The van der Waals surface area contributed by atoms with E-state index in [1.54, 1.807) is 0 Å². The van der Waals surface area contributed by atoms with Crippen molar-refractivity contribution < 1.29 is 14.6 Å². The van der Waals surface area contributed by atoms with Crippen molar-refractivity contribution in [3.8, 4) is 5.88 Å². The molecule has 2 aromatic heterocycles. The van der Waals surface area contributed by atoms with Gasteiger partial charge >= 0.3 is 5.97 Å². The van der Waals surface area contributed by atoms with Gasteiger partial charge in [0.25, 0.3) is 5.56 Å². The maximum Gasteiger partial charge on any atom is 0.341 e. The first-order chi connectivity index (χ1) is 13.4. The number of hydrogen-bond donors (Lipinski definition) is 3. The first-order valence-electron chi connectivity index (χ1n) is 9.32. The molecule has 0 saturated heterocycles. The lowest BCUT2D eigenvalue weighted by atomic mass is 9.88. The Kier molecular flexibility index (Phi) is 6.46. The zero-order chi connectivity index (χ0) is 20.3. The van der Waals surface area contributed by atoms with Crippen LogP contribution in [0.2, 0.25) is 0 Å². The number of fused-ring (bicyclic) bond motifs is 1. The van der Waals surface area contributed by atoms with Gasteiger partial charge in [-0.15, -0.1) is 11.3 Å². The van der Waals surface area contributed by atoms with Crippen LogP contribution < -0.4 is 5.56 Å². The van der Waals surface area contributed by atoms with Gasteiger partial charge in [0.15, 0.2) is 4.77 Å². The quantitative estimate of drug-likeness (QED) is 0.282. The third-order valence-corrected chi connectivity index (χ3v) is 6.06. The summed E-state index contributed by atoms with van der Waals surface area (Å²) in [6, 6.07) is 0. The minimum absolute atomic E-state index is 0.0282. The van der Waals surface area contributed by atoms with E-state index in [1.807, 2.05) is 6.92 Å². The van der Waals surface area contributed by atoms with Gasteiger partial charge in [-0.25, -0.2) is 9.79 Å². The van der Waals surface area contributed by atoms with E-state index in [2.05, 4.69) is 21.9 Å². The third-order valence-electron chi connectivity index (χ3n) is 4.70. The Morgan fingerprint density at radius 3 is 2.96 bits per heavy atom. The molecule has 2 aromatic rings. The largest absolute Gasteiger partial charge is 0.494 e. The standard InChI is InChI=1S/C19H23N3O4S2/c1-3-4-7-26-18(25)14-11-6-5-10(2)8-13(11)28-17(14)20-9-12-15(23)21-19(27)22-16(12)24/h9-10H,3-8H2,1-2H3,(H3,21,22,23,24,27)/t10-/m1/s1. The number of rotatable bonds is 6. The highest BCUT2D eigenvalue weighted by Gasteiger charge is 2.28. The van der Waals surface area contributed by atoms with Crippen molar-refractivity contribution in [2.75, 3.05) is 6.61 Å². The Bertz CT molecular complexity index is 1020. The van der Waals surface area contributed by atoms with Gasteiger partial charge < -0.3 is 14.8 Å². The highest BCUT2D eigenvalue weighted by Crippen LogP contribution is 2.41. The SMILES string of the molecule is CCCCOC(=O)c1c(N=Cc2c(O)[nH]c(=S)[nH]c2=O)sc2c1CC[C@@H](C)C2. The summed E-state index contributed by atoms with van der Waals surface area (Å²) in [5.74, 6) is -0.189. The lowest BCUT2D eigenvalue weighted by Gasteiger charge is -2.18. The monoisotopic (exact) mass is 421 g/mol. The van der Waals surface area contributed by atoms with Crippen LogP contribution >= 0.6 is 23.6 Å². The van der Waals surface area contributed by atoms with E-state index in [9.17, 15) is 14.7 Å². The molecule has 9 heteroatoms. The first-order valence-corrected chi connectivity index (χ1v) is 10.5. The van der Waals surface area contributed by atoms with Crippen molar-refractivity contribution in [1.29, 1.82) is 0 Å². The van der Waals surface area contributed by atoms with Crippen LogP contribution in [-0.4, -0.2) is 33.9 Å². The molecule has 0 fully saturated rings. The van der Waals surface area contributed by atoms with Gasteiger partial charge in [0.05, 0.1) is 12.2 Å². The van der Waals surface area contributed by atoms with Crippen molar-refractivity contribution in [2.24, 2.45) is 10.9 Å². The third kappa shape index (κ3) is 4.41. The average molecular weight is 422 g/mol. The topological polar surface area (TPSA) is 108 Å². The van der Waals surface area contributed by atoms with Crippen molar-refractivity contribution in [3.63, 3.8) is 0 Å². The molecule has 7 nitrogen and oxygen atoms in total. The zero-order valence-corrected chi connectivity index (χ0v) is 17.5. The van der Waals surface area contributed by atoms with E-state index in [0.717, 1.165) is 42.5 Å². The molecule has 0 radical (unpaired) electrons. The summed E-state index contributed by atoms with van der Waals surface area (Å²) in [4.78, 5) is 35.1. The summed E-state index contributed by atoms with van der Waals surface area (Å²) in [5.41, 5.74) is 0.895. The molecule has 0 saturated carbocycles. The van der Waals surface area contributed by atoms with Gasteiger partial charge in [0.2, 0.25) is 5.88 Å². The normalized spacial score (nSPS) is 16.3. The van der Waals surface area contributed by atoms with E-state index in [4.69, 9.17) is 17.0 Å². The van der Waals surface area contributed by atoms with Crippen LogP contribution in [0.5, 0.6) is 5.88 Å². The number of H-pyrrole nitrogens is 2. The summed E-state index contributed by atoms with van der Waals surface area (Å²) in [7, 11) is 0. The van der Waals surface area contributed by atoms with Gasteiger partial charge in [0.1, 0.15) is 10.6 Å².